The van der Waals surface area contributed by atoms with Crippen molar-refractivity contribution < 1.29 is 9.47 Å². The quantitative estimate of drug-likeness (QED) is 0.123. The molecular formula is C58H52N2O2. The Morgan fingerprint density at radius 2 is 0.839 bits per heavy atom. The molecule has 9 rings (SSSR count). The first-order valence-electron chi connectivity index (χ1n) is 21.4. The highest BCUT2D eigenvalue weighted by Gasteiger charge is 2.22. The molecule has 9 aromatic rings. The topological polar surface area (TPSA) is 24.9 Å². The van der Waals surface area contributed by atoms with E-state index in [9.17, 15) is 0 Å². The van der Waals surface area contributed by atoms with Gasteiger partial charge >= 0.3 is 0 Å². The summed E-state index contributed by atoms with van der Waals surface area (Å²) in [5.74, 6) is 1.73. The highest BCUT2D eigenvalue weighted by atomic mass is 16.5. The van der Waals surface area contributed by atoms with E-state index < -0.39 is 0 Å². The molecule has 0 aromatic heterocycles. The van der Waals surface area contributed by atoms with E-state index in [0.29, 0.717) is 0 Å². The number of hydrogen-bond acceptors (Lipinski definition) is 4. The maximum absolute atomic E-state index is 5.84. The van der Waals surface area contributed by atoms with Crippen molar-refractivity contribution in [3.63, 3.8) is 0 Å². The molecular weight excluding hydrogens is 757 g/mol. The maximum atomic E-state index is 5.84. The van der Waals surface area contributed by atoms with E-state index in [0.717, 1.165) is 69.6 Å². The third kappa shape index (κ3) is 8.12. The van der Waals surface area contributed by atoms with E-state index in [1.807, 2.05) is 6.07 Å². The molecule has 0 N–H and O–H groups in total. The fraction of sp³-hybridized carbons (Fsp3) is 0.138. The molecule has 4 nitrogen and oxygen atoms in total. The predicted molar refractivity (Wildman–Crippen MR) is 262 cm³/mol. The Hall–Kier alpha value is -7.30. The summed E-state index contributed by atoms with van der Waals surface area (Å²) in [4.78, 5) is 4.73. The van der Waals surface area contributed by atoms with Gasteiger partial charge in [0.25, 0.3) is 0 Å². The van der Waals surface area contributed by atoms with Gasteiger partial charge in [-0.25, -0.2) is 0 Å². The number of methoxy groups -OCH3 is 2. The second kappa shape index (κ2) is 17.4. The van der Waals surface area contributed by atoms with Gasteiger partial charge in [-0.15, -0.1) is 0 Å². The highest BCUT2D eigenvalue weighted by molar-refractivity contribution is 6.00. The monoisotopic (exact) mass is 808 g/mol. The third-order valence-corrected chi connectivity index (χ3v) is 11.9. The van der Waals surface area contributed by atoms with Crippen molar-refractivity contribution in [2.75, 3.05) is 24.0 Å². The first kappa shape index (κ1) is 40.1. The van der Waals surface area contributed by atoms with Crippen LogP contribution in [0.1, 0.15) is 37.5 Å². The Bertz CT molecular complexity index is 2940. The molecule has 0 aliphatic carbocycles. The average Bonchev–Trinajstić information content (AvgIpc) is 3.32. The molecule has 0 aliphatic rings. The normalized spacial score (nSPS) is 11.4. The minimum absolute atomic E-state index is 0.0506. The van der Waals surface area contributed by atoms with Gasteiger partial charge in [0.05, 0.1) is 25.6 Å². The fourth-order valence-electron chi connectivity index (χ4n) is 8.68. The molecule has 0 atom stereocenters. The number of rotatable bonds is 12. The molecule has 4 heteroatoms. The second-order valence-corrected chi connectivity index (χ2v) is 16.9. The lowest BCUT2D eigenvalue weighted by Crippen LogP contribution is -2.14. The van der Waals surface area contributed by atoms with Gasteiger partial charge < -0.3 is 19.3 Å². The average molecular weight is 809 g/mol. The smallest absolute Gasteiger partial charge is 0.126 e. The zero-order valence-electron chi connectivity index (χ0n) is 36.2. The second-order valence-electron chi connectivity index (χ2n) is 16.9. The van der Waals surface area contributed by atoms with Crippen LogP contribution in [0.3, 0.4) is 0 Å². The first-order valence-corrected chi connectivity index (χ1v) is 21.4. The SMILES string of the molecule is COc1cc(OC)c(C(C)(C)C)cc1CCc1ccc(N(c2ccc(-c3ccc(N(c4ccccc4)c4cccc5ccccc45)cc3)cc2)c2cccc3ccccc23)cc1. The first-order chi connectivity index (χ1) is 30.3. The largest absolute Gasteiger partial charge is 0.496 e. The van der Waals surface area contributed by atoms with Crippen molar-refractivity contribution in [3.05, 3.63) is 217 Å². The molecule has 0 bridgehead atoms. The van der Waals surface area contributed by atoms with Crippen LogP contribution in [0.2, 0.25) is 0 Å². The number of anilines is 6. The van der Waals surface area contributed by atoms with E-state index in [-0.39, 0.29) is 5.41 Å². The molecule has 0 fully saturated rings. The van der Waals surface area contributed by atoms with Gasteiger partial charge in [-0.2, -0.15) is 0 Å². The molecule has 9 aromatic carbocycles. The van der Waals surface area contributed by atoms with Gasteiger partial charge in [-0.3, -0.25) is 0 Å². The standard InChI is InChI=1S/C58H52N2O2/c1-58(2,3)53-39-46(56(61-4)40-57(53)62-5)28-25-41-26-33-48(34-27-41)60(55-24-14-18-45-16-10-12-22-52(45)55)50-37-31-43(32-38-50)42-29-35-49(36-30-42)59(47-19-7-6-8-20-47)54-23-13-17-44-15-9-11-21-51(44)54/h6-24,26-27,29-40H,25,28H2,1-5H3. The van der Waals surface area contributed by atoms with Crippen LogP contribution in [0.5, 0.6) is 11.5 Å². The van der Waals surface area contributed by atoms with Crippen molar-refractivity contribution >= 4 is 55.7 Å². The number of ether oxygens (including phenoxy) is 2. The van der Waals surface area contributed by atoms with E-state index in [1.54, 1.807) is 14.2 Å². The fourth-order valence-corrected chi connectivity index (χ4v) is 8.68. The van der Waals surface area contributed by atoms with Gasteiger partial charge in [0.2, 0.25) is 0 Å². The molecule has 0 spiro atoms. The summed E-state index contributed by atoms with van der Waals surface area (Å²) in [5, 5.41) is 4.85. The summed E-state index contributed by atoms with van der Waals surface area (Å²) >= 11 is 0. The van der Waals surface area contributed by atoms with Gasteiger partial charge in [0, 0.05) is 45.2 Å². The van der Waals surface area contributed by atoms with E-state index in [2.05, 4.69) is 225 Å². The lowest BCUT2D eigenvalue weighted by molar-refractivity contribution is 0.380. The van der Waals surface area contributed by atoms with Crippen LogP contribution < -0.4 is 19.3 Å². The van der Waals surface area contributed by atoms with Gasteiger partial charge in [0.1, 0.15) is 11.5 Å². The summed E-state index contributed by atoms with van der Waals surface area (Å²) in [7, 11) is 3.47. The molecule has 306 valence electrons. The molecule has 0 unspecified atom stereocenters. The van der Waals surface area contributed by atoms with E-state index in [4.69, 9.17) is 9.47 Å². The Morgan fingerprint density at radius 3 is 1.32 bits per heavy atom. The summed E-state index contributed by atoms with van der Waals surface area (Å²) < 4.78 is 11.6. The number of para-hydroxylation sites is 1. The Kier molecular flexibility index (Phi) is 11.2. The number of aryl methyl sites for hydroxylation is 2. The summed E-state index contributed by atoms with van der Waals surface area (Å²) in [6.07, 6.45) is 1.75. The Labute approximate surface area is 366 Å². The van der Waals surface area contributed by atoms with E-state index in [1.165, 1.54) is 38.2 Å². The number of fused-ring (bicyclic) bond motifs is 2. The van der Waals surface area contributed by atoms with Crippen LogP contribution in [0.15, 0.2) is 200 Å². The molecule has 0 amide bonds. The molecule has 0 aliphatic heterocycles. The van der Waals surface area contributed by atoms with Crippen molar-refractivity contribution in [2.24, 2.45) is 0 Å². The number of nitrogens with zero attached hydrogens (tertiary/aromatic N) is 2. The zero-order chi connectivity index (χ0) is 42.6. The van der Waals surface area contributed by atoms with Crippen LogP contribution in [-0.4, -0.2) is 14.2 Å². The summed E-state index contributed by atoms with van der Waals surface area (Å²) in [6.45, 7) is 6.67. The Balaban J connectivity index is 1.02. The van der Waals surface area contributed by atoms with Gasteiger partial charge in [0.15, 0.2) is 0 Å². The predicted octanol–water partition coefficient (Wildman–Crippen LogP) is 15.7. The van der Waals surface area contributed by atoms with Crippen molar-refractivity contribution in [2.45, 2.75) is 39.0 Å². The van der Waals surface area contributed by atoms with Gasteiger partial charge in [-0.1, -0.05) is 148 Å². The van der Waals surface area contributed by atoms with Crippen LogP contribution in [0.25, 0.3) is 32.7 Å². The lowest BCUT2D eigenvalue weighted by Gasteiger charge is -2.27. The summed E-state index contributed by atoms with van der Waals surface area (Å²) in [6, 6.07) is 72.2. The van der Waals surface area contributed by atoms with E-state index >= 15 is 0 Å². The molecule has 0 saturated heterocycles. The number of benzene rings is 9. The lowest BCUT2D eigenvalue weighted by atomic mass is 9.84. The molecule has 0 radical (unpaired) electrons. The van der Waals surface area contributed by atoms with Crippen molar-refractivity contribution in [1.82, 2.24) is 0 Å². The van der Waals surface area contributed by atoms with Crippen LogP contribution in [0, 0.1) is 0 Å². The number of hydrogen-bond donors (Lipinski definition) is 0. The molecule has 62 heavy (non-hydrogen) atoms. The maximum Gasteiger partial charge on any atom is 0.126 e. The molecule has 0 saturated carbocycles. The third-order valence-electron chi connectivity index (χ3n) is 11.9. The van der Waals surface area contributed by atoms with Crippen LogP contribution >= 0.6 is 0 Å². The van der Waals surface area contributed by atoms with Crippen molar-refractivity contribution in [3.8, 4) is 22.6 Å². The van der Waals surface area contributed by atoms with Crippen LogP contribution in [0.4, 0.5) is 34.1 Å². The van der Waals surface area contributed by atoms with Crippen molar-refractivity contribution in [1.29, 1.82) is 0 Å². The molecule has 0 heterocycles. The zero-order valence-corrected chi connectivity index (χ0v) is 36.2. The minimum Gasteiger partial charge on any atom is -0.496 e. The van der Waals surface area contributed by atoms with Crippen LogP contribution in [-0.2, 0) is 18.3 Å². The Morgan fingerprint density at radius 1 is 0.403 bits per heavy atom. The minimum atomic E-state index is -0.0506. The van der Waals surface area contributed by atoms with Gasteiger partial charge in [-0.05, 0) is 118 Å². The summed E-state index contributed by atoms with van der Waals surface area (Å²) in [5.41, 5.74) is 12.6. The highest BCUT2D eigenvalue weighted by Crippen LogP contribution is 2.42.